The van der Waals surface area contributed by atoms with Gasteiger partial charge in [-0.1, -0.05) is 12.1 Å². The summed E-state index contributed by atoms with van der Waals surface area (Å²) in [5.41, 5.74) is 1.44. The molecule has 7 nitrogen and oxygen atoms in total. The largest absolute Gasteiger partial charge is 0.331 e. The lowest BCUT2D eigenvalue weighted by atomic mass is 10.2. The first-order valence-corrected chi connectivity index (χ1v) is 10.1. The van der Waals surface area contributed by atoms with Crippen LogP contribution in [0.3, 0.4) is 0 Å². The first-order valence-electron chi connectivity index (χ1n) is 8.62. The molecule has 3 aromatic rings. The number of nitrogens with zero attached hydrogens (tertiary/aromatic N) is 3. The van der Waals surface area contributed by atoms with E-state index in [-0.39, 0.29) is 22.9 Å². The smallest absolute Gasteiger partial charge is 0.242 e. The molecule has 0 bridgehead atoms. The van der Waals surface area contributed by atoms with E-state index in [0.29, 0.717) is 17.8 Å². The molecule has 28 heavy (non-hydrogen) atoms. The van der Waals surface area contributed by atoms with Crippen molar-refractivity contribution in [1.82, 2.24) is 13.9 Å². The van der Waals surface area contributed by atoms with Crippen molar-refractivity contribution in [2.24, 2.45) is 7.05 Å². The predicted octanol–water partition coefficient (Wildman–Crippen LogP) is 2.53. The number of anilines is 1. The number of halogens is 1. The van der Waals surface area contributed by atoms with Crippen LogP contribution in [0, 0.1) is 5.82 Å². The molecule has 1 heterocycles. The molecule has 0 atom stereocenters. The molecule has 1 N–H and O–H groups in total. The van der Waals surface area contributed by atoms with Gasteiger partial charge in [-0.25, -0.2) is 22.1 Å². The van der Waals surface area contributed by atoms with Gasteiger partial charge in [-0.2, -0.15) is 0 Å². The number of carbonyl (C=O) groups is 1. The Labute approximate surface area is 162 Å². The number of amides is 1. The average Bonchev–Trinajstić information content (AvgIpc) is 2.97. The van der Waals surface area contributed by atoms with Gasteiger partial charge in [0.2, 0.25) is 15.9 Å². The van der Waals surface area contributed by atoms with Crippen molar-refractivity contribution in [1.29, 1.82) is 0 Å². The summed E-state index contributed by atoms with van der Waals surface area (Å²) in [4.78, 5) is 16.8. The zero-order valence-corrected chi connectivity index (χ0v) is 16.6. The van der Waals surface area contributed by atoms with Gasteiger partial charge in [0.15, 0.2) is 0 Å². The maximum Gasteiger partial charge on any atom is 0.242 e. The van der Waals surface area contributed by atoms with Crippen LogP contribution >= 0.6 is 0 Å². The summed E-state index contributed by atoms with van der Waals surface area (Å²) >= 11 is 0. The van der Waals surface area contributed by atoms with Crippen LogP contribution in [-0.2, 0) is 28.3 Å². The van der Waals surface area contributed by atoms with Gasteiger partial charge in [-0.3, -0.25) is 4.79 Å². The van der Waals surface area contributed by atoms with Crippen LogP contribution in [0.25, 0.3) is 11.0 Å². The molecule has 148 valence electrons. The number of hydrogen-bond donors (Lipinski definition) is 1. The Balaban J connectivity index is 1.77. The Morgan fingerprint density at radius 2 is 1.93 bits per heavy atom. The van der Waals surface area contributed by atoms with Gasteiger partial charge in [0.05, 0.1) is 21.6 Å². The first kappa shape index (κ1) is 20.0. The number of imidazole rings is 1. The van der Waals surface area contributed by atoms with Crippen molar-refractivity contribution < 1.29 is 17.6 Å². The highest BCUT2D eigenvalue weighted by Crippen LogP contribution is 2.22. The second-order valence-electron chi connectivity index (χ2n) is 6.55. The molecule has 0 saturated heterocycles. The van der Waals surface area contributed by atoms with E-state index >= 15 is 0 Å². The van der Waals surface area contributed by atoms with Crippen molar-refractivity contribution in [3.8, 4) is 0 Å². The Morgan fingerprint density at radius 1 is 1.21 bits per heavy atom. The quantitative estimate of drug-likeness (QED) is 0.684. The van der Waals surface area contributed by atoms with Gasteiger partial charge in [0, 0.05) is 34.0 Å². The van der Waals surface area contributed by atoms with E-state index in [1.165, 1.54) is 38.4 Å². The fourth-order valence-electron chi connectivity index (χ4n) is 2.83. The molecular weight excluding hydrogens is 383 g/mol. The number of carbonyl (C=O) groups excluding carboxylic acids is 1. The normalized spacial score (nSPS) is 11.9. The van der Waals surface area contributed by atoms with Gasteiger partial charge in [-0.05, 0) is 30.3 Å². The molecule has 9 heteroatoms. The standard InChI is InChI=1S/C19H21FN4O3S/c1-23(2)28(26,27)13-8-9-17-16(12-13)21-18(24(17)3)10-11-19(25)22-15-7-5-4-6-14(15)20/h4-9,12H,10-11H2,1-3H3,(H,22,25). The topological polar surface area (TPSA) is 84.3 Å². The minimum Gasteiger partial charge on any atom is -0.331 e. The van der Waals surface area contributed by atoms with Crippen molar-refractivity contribution in [3.05, 3.63) is 54.1 Å². The molecule has 1 aromatic heterocycles. The van der Waals surface area contributed by atoms with Crippen LogP contribution < -0.4 is 5.32 Å². The van der Waals surface area contributed by atoms with Gasteiger partial charge >= 0.3 is 0 Å². The van der Waals surface area contributed by atoms with Crippen LogP contribution in [0.1, 0.15) is 12.2 Å². The van der Waals surface area contributed by atoms with E-state index in [9.17, 15) is 17.6 Å². The number of benzene rings is 2. The fourth-order valence-corrected chi connectivity index (χ4v) is 3.75. The van der Waals surface area contributed by atoms with Gasteiger partial charge in [0.1, 0.15) is 11.6 Å². The van der Waals surface area contributed by atoms with E-state index in [1.807, 2.05) is 4.57 Å². The molecule has 0 aliphatic carbocycles. The molecule has 0 radical (unpaired) electrons. The molecule has 3 rings (SSSR count). The Hall–Kier alpha value is -2.78. The van der Waals surface area contributed by atoms with Crippen LogP contribution in [0.15, 0.2) is 47.4 Å². The van der Waals surface area contributed by atoms with Crippen molar-refractivity contribution in [2.45, 2.75) is 17.7 Å². The van der Waals surface area contributed by atoms with Crippen LogP contribution in [0.4, 0.5) is 10.1 Å². The van der Waals surface area contributed by atoms with Crippen LogP contribution in [0.5, 0.6) is 0 Å². The SMILES string of the molecule is CN(C)S(=O)(=O)c1ccc2c(c1)nc(CCC(=O)Nc1ccccc1F)n2C. The number of sulfonamides is 1. The maximum absolute atomic E-state index is 13.6. The molecule has 0 fully saturated rings. The van der Waals surface area contributed by atoms with E-state index in [2.05, 4.69) is 10.3 Å². The predicted molar refractivity (Wildman–Crippen MR) is 105 cm³/mol. The zero-order chi connectivity index (χ0) is 20.5. The molecule has 0 spiro atoms. The third-order valence-corrected chi connectivity index (χ3v) is 6.26. The Bertz CT molecular complexity index is 1140. The monoisotopic (exact) mass is 404 g/mol. The van der Waals surface area contributed by atoms with Crippen molar-refractivity contribution in [3.63, 3.8) is 0 Å². The minimum atomic E-state index is -3.55. The van der Waals surface area contributed by atoms with Gasteiger partial charge in [-0.15, -0.1) is 0 Å². The van der Waals surface area contributed by atoms with Crippen molar-refractivity contribution in [2.75, 3.05) is 19.4 Å². The van der Waals surface area contributed by atoms with E-state index < -0.39 is 15.8 Å². The second kappa shape index (κ2) is 7.69. The maximum atomic E-state index is 13.6. The number of aromatic nitrogens is 2. The summed E-state index contributed by atoms with van der Waals surface area (Å²) in [7, 11) is 1.19. The number of fused-ring (bicyclic) bond motifs is 1. The average molecular weight is 404 g/mol. The number of rotatable bonds is 6. The molecule has 0 aliphatic rings. The van der Waals surface area contributed by atoms with Crippen LogP contribution in [-0.4, -0.2) is 42.3 Å². The zero-order valence-electron chi connectivity index (χ0n) is 15.8. The van der Waals surface area contributed by atoms with E-state index in [0.717, 1.165) is 9.82 Å². The summed E-state index contributed by atoms with van der Waals surface area (Å²) in [6, 6.07) is 10.7. The number of aryl methyl sites for hydroxylation is 2. The second-order valence-corrected chi connectivity index (χ2v) is 8.70. The summed E-state index contributed by atoms with van der Waals surface area (Å²) in [6.45, 7) is 0. The van der Waals surface area contributed by atoms with Crippen LogP contribution in [0.2, 0.25) is 0 Å². The lowest BCUT2D eigenvalue weighted by molar-refractivity contribution is -0.116. The summed E-state index contributed by atoms with van der Waals surface area (Å²) < 4.78 is 41.2. The molecule has 0 aliphatic heterocycles. The Morgan fingerprint density at radius 3 is 2.61 bits per heavy atom. The summed E-state index contributed by atoms with van der Waals surface area (Å²) in [6.07, 6.45) is 0.454. The molecular formula is C19H21FN4O3S. The molecule has 0 saturated carbocycles. The van der Waals surface area contributed by atoms with E-state index in [4.69, 9.17) is 0 Å². The molecule has 0 unspecified atom stereocenters. The molecule has 2 aromatic carbocycles. The highest BCUT2D eigenvalue weighted by atomic mass is 32.2. The molecule has 1 amide bonds. The third-order valence-electron chi connectivity index (χ3n) is 4.45. The first-order chi connectivity index (χ1) is 13.2. The third kappa shape index (κ3) is 3.90. The number of hydrogen-bond acceptors (Lipinski definition) is 4. The van der Waals surface area contributed by atoms with Crippen molar-refractivity contribution >= 4 is 32.7 Å². The van der Waals surface area contributed by atoms with Gasteiger partial charge in [0.25, 0.3) is 0 Å². The fraction of sp³-hybridized carbons (Fsp3) is 0.263. The lowest BCUT2D eigenvalue weighted by Gasteiger charge is -2.10. The van der Waals surface area contributed by atoms with E-state index in [1.54, 1.807) is 25.2 Å². The number of para-hydroxylation sites is 1. The highest BCUT2D eigenvalue weighted by Gasteiger charge is 2.19. The summed E-state index contributed by atoms with van der Waals surface area (Å²) in [5.74, 6) is -0.181. The Kier molecular flexibility index (Phi) is 5.48. The van der Waals surface area contributed by atoms with Gasteiger partial charge < -0.3 is 9.88 Å². The number of nitrogens with one attached hydrogen (secondary N) is 1. The lowest BCUT2D eigenvalue weighted by Crippen LogP contribution is -2.22. The highest BCUT2D eigenvalue weighted by molar-refractivity contribution is 7.89. The summed E-state index contributed by atoms with van der Waals surface area (Å²) in [5, 5.41) is 2.54. The minimum absolute atomic E-state index is 0.119.